The first-order chi connectivity index (χ1) is 8.26. The lowest BCUT2D eigenvalue weighted by atomic mass is 10.1. The number of amides is 2. The SMILES string of the molecule is CCCNC(=O)NCCc1ccc(CC)cc1. The van der Waals surface area contributed by atoms with Gasteiger partial charge < -0.3 is 10.6 Å². The Labute approximate surface area is 104 Å². The molecule has 3 nitrogen and oxygen atoms in total. The fraction of sp³-hybridized carbons (Fsp3) is 0.500. The highest BCUT2D eigenvalue weighted by Crippen LogP contribution is 2.05. The summed E-state index contributed by atoms with van der Waals surface area (Å²) in [6, 6.07) is 8.48. The lowest BCUT2D eigenvalue weighted by molar-refractivity contribution is 0.241. The van der Waals surface area contributed by atoms with Crippen molar-refractivity contribution in [1.29, 1.82) is 0 Å². The highest BCUT2D eigenvalue weighted by atomic mass is 16.2. The van der Waals surface area contributed by atoms with Crippen molar-refractivity contribution in [3.63, 3.8) is 0 Å². The fourth-order valence-electron chi connectivity index (χ4n) is 1.56. The van der Waals surface area contributed by atoms with Crippen molar-refractivity contribution in [2.75, 3.05) is 13.1 Å². The summed E-state index contributed by atoms with van der Waals surface area (Å²) in [4.78, 5) is 11.3. The average molecular weight is 234 g/mol. The normalized spacial score (nSPS) is 10.0. The zero-order chi connectivity index (χ0) is 12.5. The molecule has 0 heterocycles. The maximum absolute atomic E-state index is 11.3. The molecule has 0 spiro atoms. The monoisotopic (exact) mass is 234 g/mol. The number of urea groups is 1. The van der Waals surface area contributed by atoms with Crippen LogP contribution in [0.2, 0.25) is 0 Å². The topological polar surface area (TPSA) is 41.1 Å². The number of aryl methyl sites for hydroxylation is 1. The summed E-state index contributed by atoms with van der Waals surface area (Å²) in [7, 11) is 0. The number of nitrogens with one attached hydrogen (secondary N) is 2. The van der Waals surface area contributed by atoms with E-state index in [0.29, 0.717) is 6.54 Å². The Bertz CT molecular complexity index is 333. The molecule has 0 fully saturated rings. The molecule has 17 heavy (non-hydrogen) atoms. The van der Waals surface area contributed by atoms with Gasteiger partial charge in [0.1, 0.15) is 0 Å². The molecule has 0 saturated carbocycles. The lowest BCUT2D eigenvalue weighted by Gasteiger charge is -2.07. The maximum atomic E-state index is 11.3. The molecule has 0 saturated heterocycles. The Balaban J connectivity index is 2.23. The standard InChI is InChI=1S/C14H22N2O/c1-3-10-15-14(17)16-11-9-13-7-5-12(4-2)6-8-13/h5-8H,3-4,9-11H2,1-2H3,(H2,15,16,17). The molecule has 2 amide bonds. The van der Waals surface area contributed by atoms with E-state index < -0.39 is 0 Å². The molecule has 1 aromatic rings. The highest BCUT2D eigenvalue weighted by Gasteiger charge is 1.98. The van der Waals surface area contributed by atoms with Crippen LogP contribution in [0.25, 0.3) is 0 Å². The lowest BCUT2D eigenvalue weighted by Crippen LogP contribution is -2.36. The van der Waals surface area contributed by atoms with Gasteiger partial charge >= 0.3 is 6.03 Å². The number of hydrogen-bond acceptors (Lipinski definition) is 1. The third kappa shape index (κ3) is 5.38. The average Bonchev–Trinajstić information content (AvgIpc) is 2.37. The van der Waals surface area contributed by atoms with Gasteiger partial charge in [-0.25, -0.2) is 4.79 Å². The van der Waals surface area contributed by atoms with E-state index in [2.05, 4.69) is 41.8 Å². The summed E-state index contributed by atoms with van der Waals surface area (Å²) in [5.74, 6) is 0. The van der Waals surface area contributed by atoms with Gasteiger partial charge in [-0.1, -0.05) is 38.1 Å². The molecular weight excluding hydrogens is 212 g/mol. The Hall–Kier alpha value is -1.51. The number of carbonyl (C=O) groups excluding carboxylic acids is 1. The molecule has 0 atom stereocenters. The summed E-state index contributed by atoms with van der Waals surface area (Å²) >= 11 is 0. The zero-order valence-corrected chi connectivity index (χ0v) is 10.8. The molecular formula is C14H22N2O. The van der Waals surface area contributed by atoms with Crippen molar-refractivity contribution in [1.82, 2.24) is 10.6 Å². The second-order valence-corrected chi connectivity index (χ2v) is 4.10. The van der Waals surface area contributed by atoms with Crippen LogP contribution in [0.3, 0.4) is 0 Å². The molecule has 2 N–H and O–H groups in total. The molecule has 0 aromatic heterocycles. The van der Waals surface area contributed by atoms with Crippen LogP contribution in [-0.4, -0.2) is 19.1 Å². The van der Waals surface area contributed by atoms with Crippen molar-refractivity contribution in [2.45, 2.75) is 33.1 Å². The molecule has 0 unspecified atom stereocenters. The number of carbonyl (C=O) groups is 1. The largest absolute Gasteiger partial charge is 0.338 e. The predicted octanol–water partition coefficient (Wildman–Crippen LogP) is 2.50. The van der Waals surface area contributed by atoms with Crippen LogP contribution in [0, 0.1) is 0 Å². The second kappa shape index (κ2) is 7.71. The maximum Gasteiger partial charge on any atom is 0.314 e. The van der Waals surface area contributed by atoms with E-state index in [4.69, 9.17) is 0 Å². The van der Waals surface area contributed by atoms with Crippen LogP contribution in [0.15, 0.2) is 24.3 Å². The van der Waals surface area contributed by atoms with Crippen molar-refractivity contribution < 1.29 is 4.79 Å². The van der Waals surface area contributed by atoms with Gasteiger partial charge in [0.25, 0.3) is 0 Å². The van der Waals surface area contributed by atoms with Crippen molar-refractivity contribution >= 4 is 6.03 Å². The quantitative estimate of drug-likeness (QED) is 0.780. The minimum absolute atomic E-state index is 0.0722. The molecule has 0 bridgehead atoms. The van der Waals surface area contributed by atoms with E-state index in [1.54, 1.807) is 0 Å². The van der Waals surface area contributed by atoms with Crippen molar-refractivity contribution in [2.24, 2.45) is 0 Å². The Morgan fingerprint density at radius 1 is 1.00 bits per heavy atom. The summed E-state index contributed by atoms with van der Waals surface area (Å²) in [5, 5.41) is 5.63. The van der Waals surface area contributed by atoms with Crippen LogP contribution < -0.4 is 10.6 Å². The molecule has 0 aliphatic carbocycles. The molecule has 94 valence electrons. The number of hydrogen-bond donors (Lipinski definition) is 2. The van der Waals surface area contributed by atoms with Gasteiger partial charge in [0, 0.05) is 13.1 Å². The molecule has 3 heteroatoms. The Morgan fingerprint density at radius 2 is 1.59 bits per heavy atom. The van der Waals surface area contributed by atoms with Crippen LogP contribution in [0.5, 0.6) is 0 Å². The molecule has 0 aliphatic rings. The summed E-state index contributed by atoms with van der Waals surface area (Å²) in [6.07, 6.45) is 2.91. The third-order valence-corrected chi connectivity index (χ3v) is 2.67. The van der Waals surface area contributed by atoms with E-state index in [-0.39, 0.29) is 6.03 Å². The zero-order valence-electron chi connectivity index (χ0n) is 10.8. The van der Waals surface area contributed by atoms with Crippen LogP contribution in [-0.2, 0) is 12.8 Å². The van der Waals surface area contributed by atoms with Gasteiger partial charge in [-0.3, -0.25) is 0 Å². The Kier molecular flexibility index (Phi) is 6.15. The predicted molar refractivity (Wildman–Crippen MR) is 71.2 cm³/mol. The number of benzene rings is 1. The first-order valence-corrected chi connectivity index (χ1v) is 6.35. The molecule has 1 aromatic carbocycles. The van der Waals surface area contributed by atoms with E-state index in [0.717, 1.165) is 25.8 Å². The first-order valence-electron chi connectivity index (χ1n) is 6.35. The summed E-state index contributed by atoms with van der Waals surface area (Å²) in [5.41, 5.74) is 2.61. The van der Waals surface area contributed by atoms with Gasteiger partial charge in [0.2, 0.25) is 0 Å². The summed E-state index contributed by atoms with van der Waals surface area (Å²) < 4.78 is 0. The van der Waals surface area contributed by atoms with E-state index in [1.165, 1.54) is 11.1 Å². The van der Waals surface area contributed by atoms with Crippen molar-refractivity contribution in [3.05, 3.63) is 35.4 Å². The first kappa shape index (κ1) is 13.6. The summed E-state index contributed by atoms with van der Waals surface area (Å²) in [6.45, 7) is 5.60. The molecule has 0 radical (unpaired) electrons. The van der Waals surface area contributed by atoms with E-state index in [1.807, 2.05) is 6.92 Å². The van der Waals surface area contributed by atoms with Crippen LogP contribution >= 0.6 is 0 Å². The number of rotatable bonds is 6. The fourth-order valence-corrected chi connectivity index (χ4v) is 1.56. The smallest absolute Gasteiger partial charge is 0.314 e. The van der Waals surface area contributed by atoms with Gasteiger partial charge in [0.15, 0.2) is 0 Å². The van der Waals surface area contributed by atoms with E-state index >= 15 is 0 Å². The van der Waals surface area contributed by atoms with Gasteiger partial charge in [-0.2, -0.15) is 0 Å². The highest BCUT2D eigenvalue weighted by molar-refractivity contribution is 5.73. The van der Waals surface area contributed by atoms with Gasteiger partial charge in [0.05, 0.1) is 0 Å². The van der Waals surface area contributed by atoms with E-state index in [9.17, 15) is 4.79 Å². The third-order valence-electron chi connectivity index (χ3n) is 2.67. The Morgan fingerprint density at radius 3 is 2.18 bits per heavy atom. The molecule has 0 aliphatic heterocycles. The minimum atomic E-state index is -0.0722. The molecule has 1 rings (SSSR count). The van der Waals surface area contributed by atoms with Gasteiger partial charge in [-0.05, 0) is 30.4 Å². The second-order valence-electron chi connectivity index (χ2n) is 4.10. The van der Waals surface area contributed by atoms with Gasteiger partial charge in [-0.15, -0.1) is 0 Å². The van der Waals surface area contributed by atoms with Crippen molar-refractivity contribution in [3.8, 4) is 0 Å². The minimum Gasteiger partial charge on any atom is -0.338 e. The van der Waals surface area contributed by atoms with Crippen LogP contribution in [0.4, 0.5) is 4.79 Å². The van der Waals surface area contributed by atoms with Crippen LogP contribution in [0.1, 0.15) is 31.4 Å².